The standard InChI is InChI=1S/C9H6NOS2.K/c11-10-8(6-13-9(10)12)7-4-2-1-3-5-7;/h1-6H;/q-1;+1. The molecule has 2 aromatic rings. The van der Waals surface area contributed by atoms with Crippen LogP contribution in [0.5, 0.6) is 0 Å². The molecule has 0 fully saturated rings. The first-order valence-corrected chi connectivity index (χ1v) is 5.01. The normalized spacial score (nSPS) is 9.43. The van der Waals surface area contributed by atoms with E-state index in [4.69, 9.17) is 12.2 Å². The second-order valence-corrected chi connectivity index (χ2v) is 4.05. The van der Waals surface area contributed by atoms with Crippen LogP contribution in [0.1, 0.15) is 0 Å². The molecule has 14 heavy (non-hydrogen) atoms. The van der Waals surface area contributed by atoms with Crippen LogP contribution in [-0.2, 0) is 0 Å². The molecule has 2 rings (SSSR count). The Balaban J connectivity index is 0.000000980. The number of nitrogens with zero attached hydrogens (tertiary/aromatic N) is 1. The summed E-state index contributed by atoms with van der Waals surface area (Å²) in [6.45, 7) is 0. The molecule has 0 unspecified atom stereocenters. The first-order chi connectivity index (χ1) is 6.29. The zero-order chi connectivity index (χ0) is 9.26. The first-order valence-electron chi connectivity index (χ1n) is 3.72. The monoisotopic (exact) mass is 247 g/mol. The Labute approximate surface area is 134 Å². The van der Waals surface area contributed by atoms with E-state index in [2.05, 4.69) is 0 Å². The van der Waals surface area contributed by atoms with E-state index < -0.39 is 0 Å². The third-order valence-electron chi connectivity index (χ3n) is 1.73. The van der Waals surface area contributed by atoms with E-state index in [1.54, 1.807) is 5.38 Å². The van der Waals surface area contributed by atoms with Gasteiger partial charge >= 0.3 is 51.4 Å². The summed E-state index contributed by atoms with van der Waals surface area (Å²) in [4.78, 5) is 0. The van der Waals surface area contributed by atoms with E-state index in [9.17, 15) is 5.21 Å². The second kappa shape index (κ2) is 5.55. The molecule has 0 aliphatic rings. The van der Waals surface area contributed by atoms with Gasteiger partial charge in [-0.05, 0) is 17.8 Å². The van der Waals surface area contributed by atoms with Crippen LogP contribution in [0.3, 0.4) is 0 Å². The maximum atomic E-state index is 11.4. The number of thiazole rings is 1. The van der Waals surface area contributed by atoms with Gasteiger partial charge in [-0.3, -0.25) is 0 Å². The predicted molar refractivity (Wildman–Crippen MR) is 57.3 cm³/mol. The fourth-order valence-electron chi connectivity index (χ4n) is 1.09. The Bertz CT molecular complexity index is 463. The van der Waals surface area contributed by atoms with Crippen LogP contribution in [0.2, 0.25) is 0 Å². The van der Waals surface area contributed by atoms with Crippen molar-refractivity contribution in [3.05, 3.63) is 44.9 Å². The summed E-state index contributed by atoms with van der Waals surface area (Å²) >= 11 is 6.13. The molecule has 0 saturated heterocycles. The minimum absolute atomic E-state index is 0. The Morgan fingerprint density at radius 3 is 2.36 bits per heavy atom. The maximum Gasteiger partial charge on any atom is 1.00 e. The number of hydrogen-bond acceptors (Lipinski definition) is 3. The van der Waals surface area contributed by atoms with Gasteiger partial charge in [-0.1, -0.05) is 30.3 Å². The van der Waals surface area contributed by atoms with E-state index in [1.807, 2.05) is 30.3 Å². The van der Waals surface area contributed by atoms with Crippen LogP contribution in [0, 0.1) is 9.16 Å². The molecule has 1 aromatic heterocycles. The van der Waals surface area contributed by atoms with Crippen molar-refractivity contribution in [2.75, 3.05) is 0 Å². The van der Waals surface area contributed by atoms with Gasteiger partial charge in [0.05, 0.1) is 5.69 Å². The van der Waals surface area contributed by atoms with Gasteiger partial charge in [0.1, 0.15) is 0 Å². The third-order valence-corrected chi connectivity index (χ3v) is 2.89. The summed E-state index contributed by atoms with van der Waals surface area (Å²) in [5, 5.41) is 13.2. The van der Waals surface area contributed by atoms with E-state index in [0.29, 0.717) is 9.65 Å². The zero-order valence-electron chi connectivity index (χ0n) is 7.64. The molecule has 0 saturated carbocycles. The molecule has 5 heteroatoms. The second-order valence-electron chi connectivity index (χ2n) is 2.55. The molecule has 1 aromatic carbocycles. The minimum atomic E-state index is 0. The number of hydrogen-bond donors (Lipinski definition) is 0. The SMILES string of the molecule is [K+].[O-]n1c(-c2ccccc2)csc1=S. The van der Waals surface area contributed by atoms with E-state index in [1.165, 1.54) is 11.3 Å². The van der Waals surface area contributed by atoms with Crippen LogP contribution in [-0.4, -0.2) is 4.73 Å². The van der Waals surface area contributed by atoms with Gasteiger partial charge < -0.3 is 9.94 Å². The number of rotatable bonds is 1. The van der Waals surface area contributed by atoms with Gasteiger partial charge in [0.25, 0.3) is 0 Å². The Kier molecular flexibility index (Phi) is 4.99. The topological polar surface area (TPSA) is 28.0 Å². The summed E-state index contributed by atoms with van der Waals surface area (Å²) in [7, 11) is 0. The molecule has 0 spiro atoms. The average Bonchev–Trinajstić information content (AvgIpc) is 2.49. The Hall–Kier alpha value is 0.506. The molecule has 2 nitrogen and oxygen atoms in total. The van der Waals surface area contributed by atoms with Crippen LogP contribution in [0.15, 0.2) is 35.7 Å². The quantitative estimate of drug-likeness (QED) is 0.535. The van der Waals surface area contributed by atoms with Crippen molar-refractivity contribution < 1.29 is 51.4 Å². The van der Waals surface area contributed by atoms with Gasteiger partial charge in [0, 0.05) is 5.38 Å². The summed E-state index contributed by atoms with van der Waals surface area (Å²) in [6, 6.07) is 9.50. The van der Waals surface area contributed by atoms with Gasteiger partial charge in [0.2, 0.25) is 0 Å². The Morgan fingerprint density at radius 2 is 1.86 bits per heavy atom. The molecule has 0 N–H and O–H groups in total. The summed E-state index contributed by atoms with van der Waals surface area (Å²) < 4.78 is 1.15. The van der Waals surface area contributed by atoms with E-state index >= 15 is 0 Å². The fourth-order valence-corrected chi connectivity index (χ4v) is 1.98. The molecule has 0 radical (unpaired) electrons. The fraction of sp³-hybridized carbons (Fsp3) is 0. The number of aromatic nitrogens is 1. The van der Waals surface area contributed by atoms with Crippen molar-refractivity contribution in [1.82, 2.24) is 4.73 Å². The van der Waals surface area contributed by atoms with Crippen LogP contribution < -0.4 is 51.4 Å². The third kappa shape index (κ3) is 2.55. The summed E-state index contributed by atoms with van der Waals surface area (Å²) in [5.74, 6) is 0. The van der Waals surface area contributed by atoms with Gasteiger partial charge in [0.15, 0.2) is 3.95 Å². The molecule has 66 valence electrons. The van der Waals surface area contributed by atoms with Gasteiger partial charge in [-0.25, -0.2) is 0 Å². The van der Waals surface area contributed by atoms with Crippen LogP contribution >= 0.6 is 23.6 Å². The van der Waals surface area contributed by atoms with Crippen molar-refractivity contribution in [2.45, 2.75) is 0 Å². The van der Waals surface area contributed by atoms with E-state index in [-0.39, 0.29) is 51.4 Å². The summed E-state index contributed by atoms with van der Waals surface area (Å²) in [6.07, 6.45) is 0. The van der Waals surface area contributed by atoms with Crippen LogP contribution in [0.4, 0.5) is 0 Å². The first kappa shape index (κ1) is 12.6. The van der Waals surface area contributed by atoms with Crippen LogP contribution in [0.25, 0.3) is 11.3 Å². The molecule has 0 bridgehead atoms. The predicted octanol–water partition coefficient (Wildman–Crippen LogP) is 0.296. The largest absolute Gasteiger partial charge is 1.00 e. The number of benzene rings is 1. The smallest absolute Gasteiger partial charge is 0.804 e. The average molecular weight is 247 g/mol. The molecule has 0 aliphatic heterocycles. The minimum Gasteiger partial charge on any atom is -0.804 e. The molecule has 0 amide bonds. The van der Waals surface area contributed by atoms with Crippen molar-refractivity contribution in [2.24, 2.45) is 0 Å². The van der Waals surface area contributed by atoms with Crippen molar-refractivity contribution >= 4 is 23.6 Å². The molecular weight excluding hydrogens is 241 g/mol. The van der Waals surface area contributed by atoms with Crippen molar-refractivity contribution in [1.29, 1.82) is 0 Å². The maximum absolute atomic E-state index is 11.4. The van der Waals surface area contributed by atoms with Crippen molar-refractivity contribution in [3.63, 3.8) is 0 Å². The molecular formula is C9H6KNOS2. The van der Waals surface area contributed by atoms with Gasteiger partial charge in [-0.2, -0.15) is 0 Å². The van der Waals surface area contributed by atoms with Gasteiger partial charge in [-0.15, -0.1) is 11.3 Å². The van der Waals surface area contributed by atoms with E-state index in [0.717, 1.165) is 10.3 Å². The Morgan fingerprint density at radius 1 is 1.21 bits per heavy atom. The molecule has 1 heterocycles. The zero-order valence-corrected chi connectivity index (χ0v) is 12.4. The molecule has 0 aliphatic carbocycles. The molecule has 0 atom stereocenters. The van der Waals surface area contributed by atoms with Crippen molar-refractivity contribution in [3.8, 4) is 11.3 Å². The summed E-state index contributed by atoms with van der Waals surface area (Å²) in [5.41, 5.74) is 1.54.